The van der Waals surface area contributed by atoms with Crippen LogP contribution in [0.4, 0.5) is 0 Å². The zero-order chi connectivity index (χ0) is 11.4. The maximum atomic E-state index is 8.89. The van der Waals surface area contributed by atoms with Crippen LogP contribution in [0.1, 0.15) is 24.6 Å². The highest BCUT2D eigenvalue weighted by molar-refractivity contribution is 5.57. The van der Waals surface area contributed by atoms with Crippen molar-refractivity contribution in [1.82, 2.24) is 5.16 Å². The van der Waals surface area contributed by atoms with Gasteiger partial charge < -0.3 is 9.63 Å². The van der Waals surface area contributed by atoms with E-state index in [1.54, 1.807) is 6.07 Å². The van der Waals surface area contributed by atoms with Gasteiger partial charge in [-0.05, 0) is 12.0 Å². The Hall–Kier alpha value is -1.61. The SMILES string of the molecule is CCCc1ccc(-c2cc(CO)no2)cc1. The van der Waals surface area contributed by atoms with Crippen LogP contribution in [0.3, 0.4) is 0 Å². The highest BCUT2D eigenvalue weighted by Crippen LogP contribution is 2.21. The summed E-state index contributed by atoms with van der Waals surface area (Å²) < 4.78 is 5.13. The first-order valence-corrected chi connectivity index (χ1v) is 5.49. The molecule has 0 aliphatic heterocycles. The summed E-state index contributed by atoms with van der Waals surface area (Å²) in [6.07, 6.45) is 2.24. The van der Waals surface area contributed by atoms with Gasteiger partial charge in [-0.25, -0.2) is 0 Å². The number of aliphatic hydroxyl groups is 1. The predicted octanol–water partition coefficient (Wildman–Crippen LogP) is 2.79. The zero-order valence-electron chi connectivity index (χ0n) is 9.31. The van der Waals surface area contributed by atoms with Crippen molar-refractivity contribution in [2.75, 3.05) is 0 Å². The van der Waals surface area contributed by atoms with E-state index in [0.29, 0.717) is 11.5 Å². The summed E-state index contributed by atoms with van der Waals surface area (Å²) in [5.74, 6) is 0.701. The smallest absolute Gasteiger partial charge is 0.167 e. The average molecular weight is 217 g/mol. The largest absolute Gasteiger partial charge is 0.390 e. The van der Waals surface area contributed by atoms with E-state index >= 15 is 0 Å². The summed E-state index contributed by atoms with van der Waals surface area (Å²) in [5.41, 5.74) is 2.88. The van der Waals surface area contributed by atoms with E-state index in [-0.39, 0.29) is 6.61 Å². The van der Waals surface area contributed by atoms with Crippen molar-refractivity contribution in [2.45, 2.75) is 26.4 Å². The number of hydrogen-bond acceptors (Lipinski definition) is 3. The van der Waals surface area contributed by atoms with Crippen LogP contribution >= 0.6 is 0 Å². The van der Waals surface area contributed by atoms with E-state index in [1.807, 2.05) is 12.1 Å². The van der Waals surface area contributed by atoms with Crippen LogP contribution in [-0.2, 0) is 13.0 Å². The number of aromatic nitrogens is 1. The summed E-state index contributed by atoms with van der Waals surface area (Å²) in [6.45, 7) is 2.08. The first-order chi connectivity index (χ1) is 7.83. The van der Waals surface area contributed by atoms with Gasteiger partial charge in [0.05, 0.1) is 6.61 Å². The van der Waals surface area contributed by atoms with Crippen LogP contribution in [0.2, 0.25) is 0 Å². The number of nitrogens with zero attached hydrogens (tertiary/aromatic N) is 1. The van der Waals surface area contributed by atoms with Crippen molar-refractivity contribution in [2.24, 2.45) is 0 Å². The van der Waals surface area contributed by atoms with Crippen LogP contribution in [0, 0.1) is 0 Å². The number of benzene rings is 1. The second-order valence-corrected chi connectivity index (χ2v) is 3.79. The molecule has 0 unspecified atom stereocenters. The molecule has 1 N–H and O–H groups in total. The Balaban J connectivity index is 2.20. The molecule has 1 heterocycles. The summed E-state index contributed by atoms with van der Waals surface area (Å²) >= 11 is 0. The second-order valence-electron chi connectivity index (χ2n) is 3.79. The fraction of sp³-hybridized carbons (Fsp3) is 0.308. The molecule has 2 aromatic rings. The van der Waals surface area contributed by atoms with E-state index in [9.17, 15) is 0 Å². The molecule has 1 aromatic heterocycles. The number of aliphatic hydroxyl groups excluding tert-OH is 1. The van der Waals surface area contributed by atoms with Crippen LogP contribution < -0.4 is 0 Å². The van der Waals surface area contributed by atoms with Gasteiger partial charge in [-0.1, -0.05) is 42.8 Å². The van der Waals surface area contributed by atoms with Gasteiger partial charge in [0, 0.05) is 11.6 Å². The molecule has 0 radical (unpaired) electrons. The minimum Gasteiger partial charge on any atom is -0.390 e. The molecular formula is C13H15NO2. The Morgan fingerprint density at radius 1 is 1.25 bits per heavy atom. The summed E-state index contributed by atoms with van der Waals surface area (Å²) in [4.78, 5) is 0. The van der Waals surface area contributed by atoms with Gasteiger partial charge in [-0.2, -0.15) is 0 Å². The molecule has 0 saturated carbocycles. The zero-order valence-corrected chi connectivity index (χ0v) is 9.31. The first kappa shape index (κ1) is 10.9. The quantitative estimate of drug-likeness (QED) is 0.856. The Bertz CT molecular complexity index is 445. The van der Waals surface area contributed by atoms with Crippen molar-refractivity contribution < 1.29 is 9.63 Å². The molecule has 3 heteroatoms. The highest BCUT2D eigenvalue weighted by Gasteiger charge is 2.05. The van der Waals surface area contributed by atoms with Crippen LogP contribution in [-0.4, -0.2) is 10.3 Å². The van der Waals surface area contributed by atoms with Gasteiger partial charge in [-0.3, -0.25) is 0 Å². The Labute approximate surface area is 94.7 Å². The summed E-state index contributed by atoms with van der Waals surface area (Å²) in [6, 6.07) is 9.99. The van der Waals surface area contributed by atoms with Crippen LogP contribution in [0.15, 0.2) is 34.9 Å². The lowest BCUT2D eigenvalue weighted by Gasteiger charge is -1.99. The third-order valence-corrected chi connectivity index (χ3v) is 2.50. The van der Waals surface area contributed by atoms with E-state index in [2.05, 4.69) is 24.2 Å². The lowest BCUT2D eigenvalue weighted by atomic mass is 10.1. The number of aryl methyl sites for hydroxylation is 1. The van der Waals surface area contributed by atoms with Crippen molar-refractivity contribution in [1.29, 1.82) is 0 Å². The third kappa shape index (κ3) is 2.31. The van der Waals surface area contributed by atoms with Crippen molar-refractivity contribution in [3.8, 4) is 11.3 Å². The maximum absolute atomic E-state index is 8.89. The maximum Gasteiger partial charge on any atom is 0.167 e. The van der Waals surface area contributed by atoms with Gasteiger partial charge in [0.15, 0.2) is 5.76 Å². The van der Waals surface area contributed by atoms with E-state index in [1.165, 1.54) is 5.56 Å². The summed E-state index contributed by atoms with van der Waals surface area (Å²) in [7, 11) is 0. The van der Waals surface area contributed by atoms with Crippen molar-refractivity contribution in [3.63, 3.8) is 0 Å². The Morgan fingerprint density at radius 3 is 2.56 bits per heavy atom. The fourth-order valence-electron chi connectivity index (χ4n) is 1.65. The topological polar surface area (TPSA) is 46.3 Å². The molecule has 0 bridgehead atoms. The molecule has 0 fully saturated rings. The summed E-state index contributed by atoms with van der Waals surface area (Å²) in [5, 5.41) is 12.6. The molecule has 84 valence electrons. The molecule has 1 aromatic carbocycles. The lowest BCUT2D eigenvalue weighted by Crippen LogP contribution is -1.82. The molecule has 16 heavy (non-hydrogen) atoms. The van der Waals surface area contributed by atoms with Gasteiger partial charge in [0.25, 0.3) is 0 Å². The van der Waals surface area contributed by atoms with E-state index in [4.69, 9.17) is 9.63 Å². The van der Waals surface area contributed by atoms with Crippen molar-refractivity contribution >= 4 is 0 Å². The van der Waals surface area contributed by atoms with E-state index < -0.39 is 0 Å². The molecule has 0 aliphatic rings. The number of hydrogen-bond donors (Lipinski definition) is 1. The minimum atomic E-state index is -0.0859. The van der Waals surface area contributed by atoms with Crippen molar-refractivity contribution in [3.05, 3.63) is 41.6 Å². The monoisotopic (exact) mass is 217 g/mol. The molecule has 0 saturated heterocycles. The molecule has 0 amide bonds. The molecule has 2 rings (SSSR count). The fourth-order valence-corrected chi connectivity index (χ4v) is 1.65. The minimum absolute atomic E-state index is 0.0859. The first-order valence-electron chi connectivity index (χ1n) is 5.49. The highest BCUT2D eigenvalue weighted by atomic mass is 16.5. The average Bonchev–Trinajstić information content (AvgIpc) is 2.79. The molecular weight excluding hydrogens is 202 g/mol. The number of rotatable bonds is 4. The normalized spacial score (nSPS) is 10.6. The Morgan fingerprint density at radius 2 is 2.00 bits per heavy atom. The Kier molecular flexibility index (Phi) is 3.37. The van der Waals surface area contributed by atoms with Gasteiger partial charge in [-0.15, -0.1) is 0 Å². The molecule has 3 nitrogen and oxygen atoms in total. The lowest BCUT2D eigenvalue weighted by molar-refractivity contribution is 0.267. The van der Waals surface area contributed by atoms with Gasteiger partial charge >= 0.3 is 0 Å². The molecule has 0 aliphatic carbocycles. The van der Waals surface area contributed by atoms with Gasteiger partial charge in [0.2, 0.25) is 0 Å². The molecule has 0 atom stereocenters. The second kappa shape index (κ2) is 4.94. The molecule has 0 spiro atoms. The van der Waals surface area contributed by atoms with E-state index in [0.717, 1.165) is 18.4 Å². The third-order valence-electron chi connectivity index (χ3n) is 2.50. The van der Waals surface area contributed by atoms with Crippen LogP contribution in [0.25, 0.3) is 11.3 Å². The standard InChI is InChI=1S/C13H15NO2/c1-2-3-10-4-6-11(7-5-10)13-8-12(9-15)14-16-13/h4-8,15H,2-3,9H2,1H3. The van der Waals surface area contributed by atoms with Gasteiger partial charge in [0.1, 0.15) is 5.69 Å². The van der Waals surface area contributed by atoms with Crippen LogP contribution in [0.5, 0.6) is 0 Å². The predicted molar refractivity (Wildman–Crippen MR) is 61.9 cm³/mol.